The number of nitrogens with zero attached hydrogens (tertiary/aromatic N) is 5. The Kier molecular flexibility index (Phi) is 9.20. The minimum Gasteiger partial charge on any atom is -0.444 e. The summed E-state index contributed by atoms with van der Waals surface area (Å²) in [7, 11) is -3.66. The molecular formula is C36H41N5O5S. The molecule has 10 nitrogen and oxygen atoms in total. The second-order valence-electron chi connectivity index (χ2n) is 13.1. The molecule has 3 heterocycles. The monoisotopic (exact) mass is 655 g/mol. The molecule has 0 saturated carbocycles. The van der Waals surface area contributed by atoms with Gasteiger partial charge in [-0.1, -0.05) is 78.9 Å². The molecule has 4 aromatic rings. The third kappa shape index (κ3) is 7.11. The van der Waals surface area contributed by atoms with E-state index in [4.69, 9.17) is 9.72 Å². The molecule has 2 aliphatic heterocycles. The average Bonchev–Trinajstić information content (AvgIpc) is 3.74. The average molecular weight is 656 g/mol. The lowest BCUT2D eigenvalue weighted by Crippen LogP contribution is -2.58. The van der Waals surface area contributed by atoms with Crippen LogP contribution in [0.3, 0.4) is 0 Å². The predicted octanol–water partition coefficient (Wildman–Crippen LogP) is 5.49. The lowest BCUT2D eigenvalue weighted by Gasteiger charge is -2.41. The van der Waals surface area contributed by atoms with Crippen LogP contribution in [0.4, 0.5) is 4.79 Å². The molecular weight excluding hydrogens is 614 g/mol. The van der Waals surface area contributed by atoms with Crippen LogP contribution in [0.2, 0.25) is 0 Å². The van der Waals surface area contributed by atoms with E-state index >= 15 is 0 Å². The van der Waals surface area contributed by atoms with Gasteiger partial charge in [-0.05, 0) is 51.3 Å². The first-order valence-electron chi connectivity index (χ1n) is 16.0. The number of piperazine rings is 1. The Morgan fingerprint density at radius 2 is 1.49 bits per heavy atom. The Hall–Kier alpha value is -4.48. The van der Waals surface area contributed by atoms with Gasteiger partial charge in [-0.15, -0.1) is 0 Å². The minimum absolute atomic E-state index is 0.207. The van der Waals surface area contributed by atoms with Crippen LogP contribution < -0.4 is 0 Å². The van der Waals surface area contributed by atoms with Gasteiger partial charge in [0.25, 0.3) is 5.91 Å². The van der Waals surface area contributed by atoms with E-state index in [0.717, 1.165) is 11.1 Å². The Morgan fingerprint density at radius 3 is 2.15 bits per heavy atom. The number of aromatic nitrogens is 2. The number of rotatable bonds is 7. The van der Waals surface area contributed by atoms with Crippen LogP contribution in [0, 0.1) is 0 Å². The summed E-state index contributed by atoms with van der Waals surface area (Å²) < 4.78 is 36.0. The quantitative estimate of drug-likeness (QED) is 0.261. The third-order valence-corrected chi connectivity index (χ3v) is 10.5. The minimum atomic E-state index is -3.66. The van der Waals surface area contributed by atoms with Crippen LogP contribution in [0.5, 0.6) is 0 Å². The van der Waals surface area contributed by atoms with E-state index < -0.39 is 21.7 Å². The maximum absolute atomic E-state index is 14.5. The SMILES string of the molecule is CC(C)(C)OC(=O)N1CCN(C(=O)c2ncn(C3CCN(S(=O)(=O)c4ccccc4)C3)c2-c2ccccc2)[C@H](Cc2ccccc2)C1. The first-order chi connectivity index (χ1) is 22.5. The van der Waals surface area contributed by atoms with E-state index in [1.54, 1.807) is 41.6 Å². The zero-order valence-electron chi connectivity index (χ0n) is 27.0. The van der Waals surface area contributed by atoms with Crippen molar-refractivity contribution in [2.24, 2.45) is 0 Å². The molecule has 0 radical (unpaired) electrons. The maximum Gasteiger partial charge on any atom is 0.410 e. The maximum atomic E-state index is 14.5. The van der Waals surface area contributed by atoms with Crippen LogP contribution in [0.15, 0.2) is 102 Å². The van der Waals surface area contributed by atoms with E-state index in [2.05, 4.69) is 0 Å². The van der Waals surface area contributed by atoms with Gasteiger partial charge in [0, 0.05) is 38.3 Å². The van der Waals surface area contributed by atoms with Gasteiger partial charge < -0.3 is 19.1 Å². The molecule has 1 unspecified atom stereocenters. The number of sulfonamides is 1. The highest BCUT2D eigenvalue weighted by Gasteiger charge is 2.39. The largest absolute Gasteiger partial charge is 0.444 e. The summed E-state index contributed by atoms with van der Waals surface area (Å²) in [6.07, 6.45) is 2.42. The molecule has 0 spiro atoms. The molecule has 11 heteroatoms. The Morgan fingerprint density at radius 1 is 0.851 bits per heavy atom. The first-order valence-corrected chi connectivity index (χ1v) is 17.5. The summed E-state index contributed by atoms with van der Waals surface area (Å²) in [5.74, 6) is -0.223. The van der Waals surface area contributed by atoms with E-state index in [9.17, 15) is 18.0 Å². The number of hydrogen-bond acceptors (Lipinski definition) is 6. The highest BCUT2D eigenvalue weighted by atomic mass is 32.2. The number of benzene rings is 3. The van der Waals surface area contributed by atoms with Gasteiger partial charge in [0.05, 0.1) is 29.0 Å². The smallest absolute Gasteiger partial charge is 0.410 e. The second-order valence-corrected chi connectivity index (χ2v) is 15.0. The molecule has 2 amide bonds. The molecule has 0 aliphatic carbocycles. The van der Waals surface area contributed by atoms with Gasteiger partial charge in [-0.2, -0.15) is 4.31 Å². The standard InChI is InChI=1S/C36H41N5O5S/c1-36(2,3)46-35(43)38-21-22-40(30(24-38)23-27-13-7-4-8-14-27)34(42)32-33(28-15-9-5-10-16-28)41(26-37-32)29-19-20-39(25-29)47(44,45)31-17-11-6-12-18-31/h4-18,26,29-30H,19-25H2,1-3H3/t29?,30-/m1/s1. The van der Waals surface area contributed by atoms with E-state index in [1.165, 1.54) is 4.31 Å². The van der Waals surface area contributed by atoms with E-state index in [-0.39, 0.29) is 29.4 Å². The van der Waals surface area contributed by atoms with Gasteiger partial charge in [0.15, 0.2) is 5.69 Å². The fraction of sp³-hybridized carbons (Fsp3) is 0.361. The summed E-state index contributed by atoms with van der Waals surface area (Å²) >= 11 is 0. The predicted molar refractivity (Wildman–Crippen MR) is 179 cm³/mol. The fourth-order valence-electron chi connectivity index (χ4n) is 6.39. The summed E-state index contributed by atoms with van der Waals surface area (Å²) in [6.45, 7) is 7.14. The molecule has 6 rings (SSSR count). The van der Waals surface area contributed by atoms with Crippen molar-refractivity contribution in [1.82, 2.24) is 23.7 Å². The third-order valence-electron chi connectivity index (χ3n) is 8.65. The number of imidazole rings is 1. The molecule has 3 aromatic carbocycles. The van der Waals surface area contributed by atoms with Crippen molar-refractivity contribution in [3.05, 3.63) is 109 Å². The van der Waals surface area contributed by atoms with Crippen LogP contribution >= 0.6 is 0 Å². The van der Waals surface area contributed by atoms with Crippen molar-refractivity contribution in [1.29, 1.82) is 0 Å². The van der Waals surface area contributed by atoms with Crippen LogP contribution in [-0.4, -0.2) is 88.4 Å². The van der Waals surface area contributed by atoms with Gasteiger partial charge >= 0.3 is 6.09 Å². The van der Waals surface area contributed by atoms with Crippen LogP contribution in [0.1, 0.15) is 49.3 Å². The van der Waals surface area contributed by atoms with E-state index in [1.807, 2.05) is 90.9 Å². The zero-order chi connectivity index (χ0) is 33.2. The Bertz CT molecular complexity index is 1810. The zero-order valence-corrected chi connectivity index (χ0v) is 27.8. The van der Waals surface area contributed by atoms with E-state index in [0.29, 0.717) is 50.4 Å². The summed E-state index contributed by atoms with van der Waals surface area (Å²) in [5, 5.41) is 0. The van der Waals surface area contributed by atoms with Gasteiger partial charge in [0.2, 0.25) is 10.0 Å². The number of carbonyl (C=O) groups excluding carboxylic acids is 2. The molecule has 2 aliphatic rings. The lowest BCUT2D eigenvalue weighted by molar-refractivity contribution is 0.00429. The van der Waals surface area contributed by atoms with Crippen molar-refractivity contribution >= 4 is 22.0 Å². The van der Waals surface area contributed by atoms with Crippen molar-refractivity contribution in [3.63, 3.8) is 0 Å². The van der Waals surface area contributed by atoms with Crippen molar-refractivity contribution < 1.29 is 22.7 Å². The number of amides is 2. The van der Waals surface area contributed by atoms with Gasteiger partial charge in [0.1, 0.15) is 5.60 Å². The topological polar surface area (TPSA) is 105 Å². The highest BCUT2D eigenvalue weighted by molar-refractivity contribution is 7.89. The van der Waals surface area contributed by atoms with Crippen molar-refractivity contribution in [3.8, 4) is 11.3 Å². The summed E-state index contributed by atoms with van der Waals surface area (Å²) in [5.41, 5.74) is 2.22. The van der Waals surface area contributed by atoms with Crippen molar-refractivity contribution in [2.45, 2.75) is 56.2 Å². The molecule has 0 N–H and O–H groups in total. The summed E-state index contributed by atoms with van der Waals surface area (Å²) in [4.78, 5) is 36.1. The number of hydrogen-bond donors (Lipinski definition) is 0. The second kappa shape index (κ2) is 13.3. The van der Waals surface area contributed by atoms with Gasteiger partial charge in [-0.3, -0.25) is 4.79 Å². The molecule has 2 atom stereocenters. The normalized spacial score (nSPS) is 19.1. The molecule has 246 valence electrons. The van der Waals surface area contributed by atoms with Crippen molar-refractivity contribution in [2.75, 3.05) is 32.7 Å². The highest BCUT2D eigenvalue weighted by Crippen LogP contribution is 2.34. The molecule has 2 fully saturated rings. The molecule has 0 bridgehead atoms. The fourth-order valence-corrected chi connectivity index (χ4v) is 7.90. The van der Waals surface area contributed by atoms with Crippen LogP contribution in [-0.2, 0) is 21.2 Å². The number of ether oxygens (including phenoxy) is 1. The Labute approximate surface area is 276 Å². The number of carbonyl (C=O) groups is 2. The first kappa shape index (κ1) is 32.5. The molecule has 47 heavy (non-hydrogen) atoms. The molecule has 2 saturated heterocycles. The summed E-state index contributed by atoms with van der Waals surface area (Å²) in [6, 6.07) is 27.5. The van der Waals surface area contributed by atoms with Gasteiger partial charge in [-0.25, -0.2) is 18.2 Å². The Balaban J connectivity index is 1.31. The van der Waals surface area contributed by atoms with Crippen LogP contribution in [0.25, 0.3) is 11.3 Å². The lowest BCUT2D eigenvalue weighted by atomic mass is 10.0. The molecule has 1 aromatic heterocycles.